The summed E-state index contributed by atoms with van der Waals surface area (Å²) in [5.74, 6) is 0. The van der Waals surface area contributed by atoms with Gasteiger partial charge in [0, 0.05) is 41.5 Å². The van der Waals surface area contributed by atoms with Gasteiger partial charge in [-0.3, -0.25) is 10.1 Å². The molecule has 1 aromatic heterocycles. The van der Waals surface area contributed by atoms with Crippen LogP contribution in [-0.2, 0) is 12.6 Å². The van der Waals surface area contributed by atoms with Crippen LogP contribution in [0.5, 0.6) is 0 Å². The van der Waals surface area contributed by atoms with Gasteiger partial charge in [-0.25, -0.2) is 0 Å². The summed E-state index contributed by atoms with van der Waals surface area (Å²) in [7, 11) is 0. The van der Waals surface area contributed by atoms with E-state index in [1.54, 1.807) is 27.7 Å². The Bertz CT molecular complexity index is 1400. The van der Waals surface area contributed by atoms with Crippen LogP contribution in [0.15, 0.2) is 35.0 Å². The van der Waals surface area contributed by atoms with Gasteiger partial charge < -0.3 is 17.6 Å². The largest absolute Gasteiger partial charge is 0.737 e. The summed E-state index contributed by atoms with van der Waals surface area (Å²) in [6.07, 6.45) is -4.09. The molecule has 186 valence electrons. The van der Waals surface area contributed by atoms with Crippen LogP contribution < -0.4 is 0 Å². The van der Waals surface area contributed by atoms with Gasteiger partial charge in [-0.2, -0.15) is 13.2 Å². The third-order valence-electron chi connectivity index (χ3n) is 7.28. The molecule has 0 fully saturated rings. The molecule has 5 nitrogen and oxygen atoms in total. The standard InChI is InChI=1S/C24H25BF5N3O2/c1-7-17-12(3)22-21(19-10-9-16(33(34)35)11-20(19)24(26,27)28)23-13(4)18(8-2)15(6)32(23)25(29,30)31(22)14(17)5/h9-11H,7-8H2,1-6H3. The van der Waals surface area contributed by atoms with E-state index in [9.17, 15) is 23.3 Å². The van der Waals surface area contributed by atoms with Gasteiger partial charge >= 0.3 is 13.1 Å². The lowest BCUT2D eigenvalue weighted by atomic mass is 9.82. The Morgan fingerprint density at radius 2 is 1.71 bits per heavy atom. The summed E-state index contributed by atoms with van der Waals surface area (Å²) in [6, 6.07) is 2.50. The summed E-state index contributed by atoms with van der Waals surface area (Å²) >= 11 is 0. The summed E-state index contributed by atoms with van der Waals surface area (Å²) in [5, 5.41) is 11.3. The van der Waals surface area contributed by atoms with Crippen molar-refractivity contribution in [2.45, 2.75) is 60.6 Å². The lowest BCUT2D eigenvalue weighted by Gasteiger charge is -2.34. The van der Waals surface area contributed by atoms with Crippen molar-refractivity contribution < 1.29 is 31.2 Å². The van der Waals surface area contributed by atoms with E-state index >= 15 is 8.63 Å². The number of halogens is 5. The maximum atomic E-state index is 16.2. The van der Waals surface area contributed by atoms with Gasteiger partial charge in [0.25, 0.3) is 5.69 Å². The molecule has 0 saturated heterocycles. The van der Waals surface area contributed by atoms with Gasteiger partial charge in [-0.05, 0) is 56.5 Å². The van der Waals surface area contributed by atoms with E-state index in [1.165, 1.54) is 0 Å². The summed E-state index contributed by atoms with van der Waals surface area (Å²) in [4.78, 5) is 10.4. The molecule has 35 heavy (non-hydrogen) atoms. The highest BCUT2D eigenvalue weighted by Gasteiger charge is 2.57. The van der Waals surface area contributed by atoms with Crippen molar-refractivity contribution in [2.75, 3.05) is 0 Å². The predicted octanol–water partition coefficient (Wildman–Crippen LogP) is 6.80. The summed E-state index contributed by atoms with van der Waals surface area (Å²) < 4.78 is 77.0. The number of nitro groups is 1. The smallest absolute Gasteiger partial charge is 0.393 e. The molecule has 0 radical (unpaired) electrons. The zero-order valence-electron chi connectivity index (χ0n) is 20.3. The molecule has 0 N–H and O–H groups in total. The van der Waals surface area contributed by atoms with E-state index in [-0.39, 0.29) is 22.5 Å². The molecule has 2 aliphatic rings. The van der Waals surface area contributed by atoms with Crippen molar-refractivity contribution in [1.82, 2.24) is 4.48 Å². The summed E-state index contributed by atoms with van der Waals surface area (Å²) in [5.41, 5.74) is 0.610. The number of benzene rings is 1. The number of allylic oxidation sites excluding steroid dienone is 2. The average Bonchev–Trinajstić information content (AvgIpc) is 3.17. The molecule has 0 unspecified atom stereocenters. The molecule has 0 bridgehead atoms. The van der Waals surface area contributed by atoms with Gasteiger partial charge in [0.1, 0.15) is 5.71 Å². The van der Waals surface area contributed by atoms with Crippen LogP contribution in [0.1, 0.15) is 67.8 Å². The number of alkyl halides is 3. The number of aromatic nitrogens is 1. The number of non-ortho nitro benzene ring substituents is 1. The number of nitrogens with zero attached hydrogens (tertiary/aromatic N) is 3. The van der Waals surface area contributed by atoms with Crippen molar-refractivity contribution in [2.24, 2.45) is 0 Å². The third kappa shape index (κ3) is 3.30. The third-order valence-corrected chi connectivity index (χ3v) is 7.28. The molecule has 0 saturated carbocycles. The Labute approximate surface area is 199 Å². The van der Waals surface area contributed by atoms with Crippen LogP contribution in [-0.4, -0.2) is 26.6 Å². The van der Waals surface area contributed by atoms with Crippen LogP contribution in [0.3, 0.4) is 0 Å². The van der Waals surface area contributed by atoms with Crippen LogP contribution in [0.2, 0.25) is 0 Å². The fraction of sp³-hybridized carbons (Fsp3) is 0.375. The molecule has 1 aromatic carbocycles. The number of nitro benzene ring substituents is 1. The maximum absolute atomic E-state index is 16.2. The van der Waals surface area contributed by atoms with Crippen molar-refractivity contribution in [3.63, 3.8) is 0 Å². The highest BCUT2D eigenvalue weighted by molar-refractivity contribution is 6.58. The van der Waals surface area contributed by atoms with Crippen molar-refractivity contribution in [3.8, 4) is 0 Å². The van der Waals surface area contributed by atoms with Gasteiger partial charge in [0.15, 0.2) is 5.70 Å². The Morgan fingerprint density at radius 1 is 1.09 bits per heavy atom. The second-order valence-corrected chi connectivity index (χ2v) is 8.97. The molecule has 2 aromatic rings. The van der Waals surface area contributed by atoms with E-state index in [0.29, 0.717) is 52.6 Å². The number of hydrogen-bond acceptors (Lipinski definition) is 2. The Hall–Kier alpha value is -3.24. The van der Waals surface area contributed by atoms with Crippen LogP contribution in [0, 0.1) is 24.0 Å². The second-order valence-electron chi connectivity index (χ2n) is 8.97. The first-order valence-electron chi connectivity index (χ1n) is 11.4. The predicted molar refractivity (Wildman–Crippen MR) is 125 cm³/mol. The zero-order valence-corrected chi connectivity index (χ0v) is 20.3. The number of fused-ring (bicyclic) bond motifs is 2. The van der Waals surface area contributed by atoms with E-state index < -0.39 is 29.3 Å². The van der Waals surface area contributed by atoms with Gasteiger partial charge in [-0.1, -0.05) is 13.8 Å². The first-order valence-corrected chi connectivity index (χ1v) is 11.4. The normalized spacial score (nSPS) is 17.3. The molecule has 11 heteroatoms. The van der Waals surface area contributed by atoms with Crippen molar-refractivity contribution in [1.29, 1.82) is 0 Å². The van der Waals surface area contributed by atoms with Crippen molar-refractivity contribution in [3.05, 3.63) is 78.8 Å². The zero-order chi connectivity index (χ0) is 26.2. The maximum Gasteiger partial charge on any atom is 0.737 e. The molecule has 4 rings (SSSR count). The van der Waals surface area contributed by atoms with Crippen LogP contribution >= 0.6 is 0 Å². The van der Waals surface area contributed by atoms with Gasteiger partial charge in [-0.15, -0.1) is 0 Å². The molecule has 0 aliphatic carbocycles. The topological polar surface area (TPSA) is 51.1 Å². The fourth-order valence-corrected chi connectivity index (χ4v) is 5.83. The van der Waals surface area contributed by atoms with E-state index in [2.05, 4.69) is 0 Å². The molecule has 3 heterocycles. The number of rotatable bonds is 4. The Kier molecular flexibility index (Phi) is 5.61. The quantitative estimate of drug-likeness (QED) is 0.204. The molecule has 2 aliphatic heterocycles. The Morgan fingerprint density at radius 3 is 2.23 bits per heavy atom. The van der Waals surface area contributed by atoms with Crippen LogP contribution in [0.25, 0.3) is 5.57 Å². The molecular formula is C24H25BF5N3O2. The van der Waals surface area contributed by atoms with Gasteiger partial charge in [0.05, 0.1) is 16.1 Å². The monoisotopic (exact) mass is 493 g/mol. The minimum atomic E-state index is -4.94. The van der Waals surface area contributed by atoms with Gasteiger partial charge in [0.2, 0.25) is 0 Å². The van der Waals surface area contributed by atoms with E-state index in [4.69, 9.17) is 0 Å². The first-order chi connectivity index (χ1) is 16.2. The molecule has 0 amide bonds. The van der Waals surface area contributed by atoms with E-state index in [1.807, 2.05) is 13.8 Å². The average molecular weight is 493 g/mol. The van der Waals surface area contributed by atoms with Crippen molar-refractivity contribution >= 4 is 23.9 Å². The molecular weight excluding hydrogens is 468 g/mol. The minimum absolute atomic E-state index is 0.0145. The molecule has 0 atom stereocenters. The summed E-state index contributed by atoms with van der Waals surface area (Å²) in [6.45, 7) is 5.62. The lowest BCUT2D eigenvalue weighted by Crippen LogP contribution is -2.51. The SMILES string of the molecule is CCC1=C(C)C2=C(c3ccc([N+](=O)[O-])cc3C(F)(F)F)c3c(C)c(CC)c(C)n3[B-](F)(F)[N+]2=C1C. The second kappa shape index (κ2) is 7.89. The number of hydrogen-bond donors (Lipinski definition) is 0. The highest BCUT2D eigenvalue weighted by atomic mass is 19.4. The highest BCUT2D eigenvalue weighted by Crippen LogP contribution is 2.49. The van der Waals surface area contributed by atoms with Crippen LogP contribution in [0.4, 0.5) is 27.5 Å². The molecule has 0 spiro atoms. The first kappa shape index (κ1) is 24.9. The lowest BCUT2D eigenvalue weighted by molar-refractivity contribution is -0.385. The minimum Gasteiger partial charge on any atom is -0.393 e. The van der Waals surface area contributed by atoms with E-state index in [0.717, 1.165) is 21.1 Å². The Balaban J connectivity index is 2.27. The fourth-order valence-electron chi connectivity index (χ4n) is 5.83.